The van der Waals surface area contributed by atoms with Crippen molar-refractivity contribution >= 4 is 6.20 Å². The number of rotatable bonds is 5. The van der Waals surface area contributed by atoms with E-state index in [1.54, 1.807) is 10.9 Å². The Morgan fingerprint density at radius 3 is 3.14 bits per heavy atom. The first-order valence-electron chi connectivity index (χ1n) is 5.16. The highest BCUT2D eigenvalue weighted by Gasteiger charge is 2.31. The summed E-state index contributed by atoms with van der Waals surface area (Å²) in [6.07, 6.45) is 6.96. The fraction of sp³-hybridized carbons (Fsp3) is 0.545. The van der Waals surface area contributed by atoms with Crippen LogP contribution in [0.25, 0.3) is 6.20 Å². The van der Waals surface area contributed by atoms with Gasteiger partial charge >= 0.3 is 0 Å². The molecular formula is C11H17N3. The molecular weight excluding hydrogens is 174 g/mol. The molecule has 0 saturated heterocycles. The molecule has 3 nitrogen and oxygen atoms in total. The molecule has 0 bridgehead atoms. The molecule has 1 aromatic heterocycles. The molecule has 1 saturated carbocycles. The molecule has 0 spiro atoms. The lowest BCUT2D eigenvalue weighted by atomic mass is 10.3. The molecule has 1 fully saturated rings. The maximum atomic E-state index is 4.12. The van der Waals surface area contributed by atoms with Gasteiger partial charge in [-0.15, -0.1) is 0 Å². The van der Waals surface area contributed by atoms with Gasteiger partial charge in [-0.2, -0.15) is 5.10 Å². The molecule has 0 aromatic carbocycles. The SMILES string of the molecule is C=Cn1cc(CNCC2CC2C)cn1. The third-order valence-corrected chi connectivity index (χ3v) is 2.85. The Bertz CT molecular complexity index is 316. The van der Waals surface area contributed by atoms with Crippen molar-refractivity contribution in [2.45, 2.75) is 19.9 Å². The van der Waals surface area contributed by atoms with E-state index in [9.17, 15) is 0 Å². The van der Waals surface area contributed by atoms with E-state index in [4.69, 9.17) is 0 Å². The molecule has 2 unspecified atom stereocenters. The molecule has 1 N–H and O–H groups in total. The van der Waals surface area contributed by atoms with Crippen LogP contribution in [0.15, 0.2) is 19.0 Å². The highest BCUT2D eigenvalue weighted by atomic mass is 15.2. The van der Waals surface area contributed by atoms with Gasteiger partial charge in [-0.25, -0.2) is 4.68 Å². The van der Waals surface area contributed by atoms with Gasteiger partial charge in [0.25, 0.3) is 0 Å². The molecule has 0 radical (unpaired) electrons. The molecule has 0 amide bonds. The molecule has 1 aliphatic carbocycles. The van der Waals surface area contributed by atoms with E-state index >= 15 is 0 Å². The van der Waals surface area contributed by atoms with Gasteiger partial charge in [0.2, 0.25) is 0 Å². The van der Waals surface area contributed by atoms with Crippen LogP contribution >= 0.6 is 0 Å². The molecule has 3 heteroatoms. The lowest BCUT2D eigenvalue weighted by molar-refractivity contribution is 0.612. The van der Waals surface area contributed by atoms with Gasteiger partial charge in [-0.05, 0) is 24.8 Å². The average molecular weight is 191 g/mol. The van der Waals surface area contributed by atoms with Crippen LogP contribution in [0.4, 0.5) is 0 Å². The molecule has 1 aromatic rings. The largest absolute Gasteiger partial charge is 0.312 e. The van der Waals surface area contributed by atoms with Gasteiger partial charge < -0.3 is 5.32 Å². The first kappa shape index (κ1) is 9.46. The summed E-state index contributed by atoms with van der Waals surface area (Å²) in [5.41, 5.74) is 1.22. The summed E-state index contributed by atoms with van der Waals surface area (Å²) in [6.45, 7) is 8.01. The van der Waals surface area contributed by atoms with E-state index in [1.165, 1.54) is 12.0 Å². The van der Waals surface area contributed by atoms with E-state index in [-0.39, 0.29) is 0 Å². The molecule has 2 atom stereocenters. The zero-order valence-corrected chi connectivity index (χ0v) is 8.61. The Labute approximate surface area is 84.8 Å². The van der Waals surface area contributed by atoms with Gasteiger partial charge in [0, 0.05) is 24.5 Å². The summed E-state index contributed by atoms with van der Waals surface area (Å²) in [6, 6.07) is 0. The number of nitrogens with one attached hydrogen (secondary N) is 1. The topological polar surface area (TPSA) is 29.9 Å². The third kappa shape index (κ3) is 2.23. The molecule has 0 aliphatic heterocycles. The van der Waals surface area contributed by atoms with Crippen molar-refractivity contribution in [3.63, 3.8) is 0 Å². The van der Waals surface area contributed by atoms with Crippen molar-refractivity contribution in [1.29, 1.82) is 0 Å². The molecule has 14 heavy (non-hydrogen) atoms. The second-order valence-electron chi connectivity index (χ2n) is 4.12. The Morgan fingerprint density at radius 2 is 2.57 bits per heavy atom. The van der Waals surface area contributed by atoms with Crippen LogP contribution in [0.3, 0.4) is 0 Å². The number of aromatic nitrogens is 2. The van der Waals surface area contributed by atoms with Gasteiger partial charge in [-0.1, -0.05) is 13.5 Å². The van der Waals surface area contributed by atoms with E-state index in [0.29, 0.717) is 0 Å². The van der Waals surface area contributed by atoms with Crippen LogP contribution < -0.4 is 5.32 Å². The minimum atomic E-state index is 0.907. The van der Waals surface area contributed by atoms with Gasteiger partial charge in [0.05, 0.1) is 6.20 Å². The second kappa shape index (κ2) is 3.96. The highest BCUT2D eigenvalue weighted by Crippen LogP contribution is 2.36. The summed E-state index contributed by atoms with van der Waals surface area (Å²) in [4.78, 5) is 0. The first-order valence-corrected chi connectivity index (χ1v) is 5.16. The fourth-order valence-electron chi connectivity index (χ4n) is 1.65. The van der Waals surface area contributed by atoms with Crippen LogP contribution in [0.1, 0.15) is 18.9 Å². The van der Waals surface area contributed by atoms with Crippen LogP contribution in [0.2, 0.25) is 0 Å². The monoisotopic (exact) mass is 191 g/mol. The van der Waals surface area contributed by atoms with Crippen LogP contribution in [0.5, 0.6) is 0 Å². The zero-order chi connectivity index (χ0) is 9.97. The molecule has 76 valence electrons. The standard InChI is InChI=1S/C11H17N3/c1-3-14-8-10(6-13-14)5-12-7-11-4-9(11)2/h3,6,8-9,11-12H,1,4-5,7H2,2H3. The van der Waals surface area contributed by atoms with Crippen LogP contribution in [0, 0.1) is 11.8 Å². The van der Waals surface area contributed by atoms with Gasteiger partial charge in [0.1, 0.15) is 0 Å². The smallest absolute Gasteiger partial charge is 0.0538 e. The predicted molar refractivity (Wildman–Crippen MR) is 57.6 cm³/mol. The van der Waals surface area contributed by atoms with Gasteiger partial charge in [-0.3, -0.25) is 0 Å². The summed E-state index contributed by atoms with van der Waals surface area (Å²) in [5, 5.41) is 7.57. The quantitative estimate of drug-likeness (QED) is 0.768. The summed E-state index contributed by atoms with van der Waals surface area (Å²) in [5.74, 6) is 1.84. The van der Waals surface area contributed by atoms with E-state index in [1.807, 2.05) is 12.4 Å². The third-order valence-electron chi connectivity index (χ3n) is 2.85. The highest BCUT2D eigenvalue weighted by molar-refractivity contribution is 5.17. The summed E-state index contributed by atoms with van der Waals surface area (Å²) < 4.78 is 1.73. The maximum absolute atomic E-state index is 4.12. The van der Waals surface area contributed by atoms with Crippen molar-refractivity contribution in [2.24, 2.45) is 11.8 Å². The minimum absolute atomic E-state index is 0.907. The Hall–Kier alpha value is -1.09. The Balaban J connectivity index is 1.72. The molecule has 1 aliphatic rings. The van der Waals surface area contributed by atoms with E-state index in [0.717, 1.165) is 24.9 Å². The van der Waals surface area contributed by atoms with E-state index < -0.39 is 0 Å². The molecule has 2 rings (SSSR count). The fourth-order valence-corrected chi connectivity index (χ4v) is 1.65. The average Bonchev–Trinajstić information content (AvgIpc) is 2.71. The minimum Gasteiger partial charge on any atom is -0.312 e. The lowest BCUT2D eigenvalue weighted by Gasteiger charge is -2.00. The van der Waals surface area contributed by atoms with Crippen molar-refractivity contribution in [3.05, 3.63) is 24.5 Å². The summed E-state index contributed by atoms with van der Waals surface area (Å²) in [7, 11) is 0. The maximum Gasteiger partial charge on any atom is 0.0538 e. The number of hydrogen-bond acceptors (Lipinski definition) is 2. The van der Waals surface area contributed by atoms with E-state index in [2.05, 4.69) is 23.9 Å². The zero-order valence-electron chi connectivity index (χ0n) is 8.61. The Kier molecular flexibility index (Phi) is 2.68. The summed E-state index contributed by atoms with van der Waals surface area (Å²) >= 11 is 0. The lowest BCUT2D eigenvalue weighted by Crippen LogP contribution is -2.16. The van der Waals surface area contributed by atoms with Crippen molar-refractivity contribution in [2.75, 3.05) is 6.54 Å². The van der Waals surface area contributed by atoms with Crippen molar-refractivity contribution in [1.82, 2.24) is 15.1 Å². The predicted octanol–water partition coefficient (Wildman–Crippen LogP) is 1.73. The van der Waals surface area contributed by atoms with Crippen molar-refractivity contribution in [3.8, 4) is 0 Å². The molecule has 1 heterocycles. The normalized spacial score (nSPS) is 24.9. The van der Waals surface area contributed by atoms with Gasteiger partial charge in [0.15, 0.2) is 0 Å². The van der Waals surface area contributed by atoms with Crippen LogP contribution in [-0.2, 0) is 6.54 Å². The van der Waals surface area contributed by atoms with Crippen LogP contribution in [-0.4, -0.2) is 16.3 Å². The second-order valence-corrected chi connectivity index (χ2v) is 4.12. The van der Waals surface area contributed by atoms with Crippen molar-refractivity contribution < 1.29 is 0 Å². The number of hydrogen-bond donors (Lipinski definition) is 1. The first-order chi connectivity index (χ1) is 6.79. The Morgan fingerprint density at radius 1 is 1.79 bits per heavy atom. The number of nitrogens with zero attached hydrogens (tertiary/aromatic N) is 2.